The first kappa shape index (κ1) is 21.3. The van der Waals surface area contributed by atoms with Crippen LogP contribution >= 0.6 is 0 Å². The zero-order valence-electron chi connectivity index (χ0n) is 18.4. The SMILES string of the molecule is CC(C)n1cc(COc2cc(OCc3cn(C)nn3)cc(OCc3cn(C)nn3)c2)nn1. The van der Waals surface area contributed by atoms with E-state index in [0.717, 1.165) is 5.69 Å². The molecule has 0 saturated carbocycles. The van der Waals surface area contributed by atoms with Crippen LogP contribution in [0.3, 0.4) is 0 Å². The zero-order chi connectivity index (χ0) is 22.5. The van der Waals surface area contributed by atoms with Crippen LogP contribution in [0.5, 0.6) is 17.2 Å². The van der Waals surface area contributed by atoms with Crippen LogP contribution in [0.4, 0.5) is 0 Å². The number of rotatable bonds is 10. The minimum absolute atomic E-state index is 0.232. The van der Waals surface area contributed by atoms with Crippen molar-refractivity contribution in [1.82, 2.24) is 45.0 Å². The summed E-state index contributed by atoms with van der Waals surface area (Å²) in [6.07, 6.45) is 5.46. The Morgan fingerprint density at radius 3 is 1.41 bits per heavy atom. The van der Waals surface area contributed by atoms with Gasteiger partial charge in [-0.3, -0.25) is 9.36 Å². The molecule has 0 aliphatic carbocycles. The lowest BCUT2D eigenvalue weighted by atomic mass is 10.3. The van der Waals surface area contributed by atoms with E-state index in [-0.39, 0.29) is 25.9 Å². The fourth-order valence-corrected chi connectivity index (χ4v) is 2.82. The molecule has 0 bridgehead atoms. The molecule has 4 rings (SSSR count). The minimum atomic E-state index is 0.232. The van der Waals surface area contributed by atoms with E-state index in [4.69, 9.17) is 14.2 Å². The van der Waals surface area contributed by atoms with Crippen LogP contribution in [0.2, 0.25) is 0 Å². The Labute approximate surface area is 184 Å². The number of aromatic nitrogens is 9. The molecule has 0 amide bonds. The van der Waals surface area contributed by atoms with Crippen molar-refractivity contribution in [1.29, 1.82) is 0 Å². The number of benzene rings is 1. The maximum atomic E-state index is 5.94. The van der Waals surface area contributed by atoms with Crippen molar-refractivity contribution in [3.8, 4) is 17.2 Å². The Morgan fingerprint density at radius 1 is 0.656 bits per heavy atom. The summed E-state index contributed by atoms with van der Waals surface area (Å²) in [5.74, 6) is 1.73. The molecule has 0 aliphatic heterocycles. The lowest BCUT2D eigenvalue weighted by Crippen LogP contribution is -2.01. The average Bonchev–Trinajstić information content (AvgIpc) is 3.50. The van der Waals surface area contributed by atoms with Crippen LogP contribution in [-0.4, -0.2) is 45.0 Å². The molecule has 0 atom stereocenters. The van der Waals surface area contributed by atoms with Gasteiger partial charge < -0.3 is 14.2 Å². The van der Waals surface area contributed by atoms with Gasteiger partial charge in [-0.05, 0) is 13.8 Å². The van der Waals surface area contributed by atoms with Crippen LogP contribution < -0.4 is 14.2 Å². The van der Waals surface area contributed by atoms with Gasteiger partial charge in [0, 0.05) is 38.3 Å². The smallest absolute Gasteiger partial charge is 0.134 e. The van der Waals surface area contributed by atoms with E-state index < -0.39 is 0 Å². The monoisotopic (exact) mass is 439 g/mol. The van der Waals surface area contributed by atoms with E-state index in [1.165, 1.54) is 0 Å². The Bertz CT molecular complexity index is 1100. The van der Waals surface area contributed by atoms with E-state index in [1.807, 2.05) is 20.0 Å². The Balaban J connectivity index is 1.47. The van der Waals surface area contributed by atoms with Crippen molar-refractivity contribution < 1.29 is 14.2 Å². The van der Waals surface area contributed by atoms with Gasteiger partial charge in [-0.15, -0.1) is 15.3 Å². The Morgan fingerprint density at radius 2 is 1.06 bits per heavy atom. The summed E-state index contributed by atoms with van der Waals surface area (Å²) >= 11 is 0. The lowest BCUT2D eigenvalue weighted by Gasteiger charge is -2.12. The highest BCUT2D eigenvalue weighted by Crippen LogP contribution is 2.29. The molecule has 32 heavy (non-hydrogen) atoms. The number of hydrogen-bond donors (Lipinski definition) is 0. The molecule has 0 radical (unpaired) electrons. The maximum absolute atomic E-state index is 5.94. The molecule has 3 heterocycles. The molecule has 4 aromatic rings. The predicted molar refractivity (Wildman–Crippen MR) is 112 cm³/mol. The van der Waals surface area contributed by atoms with Crippen molar-refractivity contribution in [2.24, 2.45) is 14.1 Å². The topological polar surface area (TPSA) is 120 Å². The highest BCUT2D eigenvalue weighted by molar-refractivity contribution is 5.42. The summed E-state index contributed by atoms with van der Waals surface area (Å²) in [6, 6.07) is 5.60. The van der Waals surface area contributed by atoms with Crippen LogP contribution in [0.15, 0.2) is 36.8 Å². The van der Waals surface area contributed by atoms with E-state index in [2.05, 4.69) is 30.9 Å². The molecular weight excluding hydrogens is 414 g/mol. The van der Waals surface area contributed by atoms with Gasteiger partial charge in [0.15, 0.2) is 0 Å². The summed E-state index contributed by atoms with van der Waals surface area (Å²) in [6.45, 7) is 4.88. The van der Waals surface area contributed by atoms with E-state index in [0.29, 0.717) is 28.6 Å². The van der Waals surface area contributed by atoms with Gasteiger partial charge in [0.25, 0.3) is 0 Å². The van der Waals surface area contributed by atoms with Crippen molar-refractivity contribution in [2.45, 2.75) is 39.7 Å². The Kier molecular flexibility index (Phi) is 6.29. The standard InChI is InChI=1S/C20H25N9O3/c1-14(2)29-10-17(23-26-29)13-32-20-6-18(30-11-15-8-27(3)24-21-15)5-19(7-20)31-12-16-9-28(4)25-22-16/h5-10,14H,11-13H2,1-4H3. The second-order valence-electron chi connectivity index (χ2n) is 7.56. The van der Waals surface area contributed by atoms with Gasteiger partial charge >= 0.3 is 0 Å². The second-order valence-corrected chi connectivity index (χ2v) is 7.56. The Hall–Kier alpha value is -3.96. The quantitative estimate of drug-likeness (QED) is 0.364. The number of hydrogen-bond acceptors (Lipinski definition) is 9. The lowest BCUT2D eigenvalue weighted by molar-refractivity contribution is 0.270. The van der Waals surface area contributed by atoms with E-state index in [9.17, 15) is 0 Å². The van der Waals surface area contributed by atoms with Crippen LogP contribution in [0.1, 0.15) is 37.0 Å². The molecule has 0 N–H and O–H groups in total. The first-order valence-corrected chi connectivity index (χ1v) is 10.1. The summed E-state index contributed by atoms with van der Waals surface area (Å²) in [5.41, 5.74) is 2.16. The molecular formula is C20H25N9O3. The molecule has 12 nitrogen and oxygen atoms in total. The molecule has 12 heteroatoms. The summed E-state index contributed by atoms with van der Waals surface area (Å²) in [5, 5.41) is 24.1. The first-order valence-electron chi connectivity index (χ1n) is 10.1. The van der Waals surface area contributed by atoms with Crippen molar-refractivity contribution in [2.75, 3.05) is 0 Å². The number of aryl methyl sites for hydroxylation is 2. The molecule has 0 aliphatic rings. The number of nitrogens with zero attached hydrogens (tertiary/aromatic N) is 9. The average molecular weight is 439 g/mol. The van der Waals surface area contributed by atoms with Gasteiger partial charge in [-0.25, -0.2) is 4.68 Å². The summed E-state index contributed by atoms with van der Waals surface area (Å²) in [7, 11) is 3.61. The molecule has 168 valence electrons. The molecule has 3 aromatic heterocycles. The normalized spacial score (nSPS) is 11.2. The molecule has 0 unspecified atom stereocenters. The maximum Gasteiger partial charge on any atom is 0.134 e. The van der Waals surface area contributed by atoms with Crippen LogP contribution in [-0.2, 0) is 33.9 Å². The minimum Gasteiger partial charge on any atom is -0.487 e. The third kappa shape index (κ3) is 5.59. The summed E-state index contributed by atoms with van der Waals surface area (Å²) in [4.78, 5) is 0. The van der Waals surface area contributed by atoms with Gasteiger partial charge in [-0.2, -0.15) is 0 Å². The first-order chi connectivity index (χ1) is 15.4. The third-order valence-corrected chi connectivity index (χ3v) is 4.40. The van der Waals surface area contributed by atoms with Gasteiger partial charge in [0.05, 0.1) is 18.6 Å². The third-order valence-electron chi connectivity index (χ3n) is 4.40. The highest BCUT2D eigenvalue weighted by atomic mass is 16.5. The molecule has 0 spiro atoms. The zero-order valence-corrected chi connectivity index (χ0v) is 18.4. The van der Waals surface area contributed by atoms with E-state index in [1.54, 1.807) is 58.7 Å². The predicted octanol–water partition coefficient (Wildman–Crippen LogP) is 1.85. The van der Waals surface area contributed by atoms with Crippen LogP contribution in [0, 0.1) is 0 Å². The van der Waals surface area contributed by atoms with Crippen molar-refractivity contribution >= 4 is 0 Å². The molecule has 1 aromatic carbocycles. The molecule has 0 saturated heterocycles. The van der Waals surface area contributed by atoms with Crippen molar-refractivity contribution in [3.63, 3.8) is 0 Å². The fourth-order valence-electron chi connectivity index (χ4n) is 2.82. The van der Waals surface area contributed by atoms with E-state index >= 15 is 0 Å². The number of ether oxygens (including phenoxy) is 3. The van der Waals surface area contributed by atoms with Crippen LogP contribution in [0.25, 0.3) is 0 Å². The highest BCUT2D eigenvalue weighted by Gasteiger charge is 2.10. The van der Waals surface area contributed by atoms with Gasteiger partial charge in [0.1, 0.15) is 54.2 Å². The van der Waals surface area contributed by atoms with Crippen molar-refractivity contribution in [3.05, 3.63) is 53.9 Å². The summed E-state index contributed by atoms with van der Waals surface area (Å²) < 4.78 is 22.8. The largest absolute Gasteiger partial charge is 0.487 e. The fraction of sp³-hybridized carbons (Fsp3) is 0.400. The van der Waals surface area contributed by atoms with Gasteiger partial charge in [-0.1, -0.05) is 15.6 Å². The van der Waals surface area contributed by atoms with Gasteiger partial charge in [0.2, 0.25) is 0 Å². The second kappa shape index (κ2) is 9.45. The molecule has 0 fully saturated rings.